The molecule has 1 aromatic carbocycles. The fourth-order valence-corrected chi connectivity index (χ4v) is 2.62. The van der Waals surface area contributed by atoms with Crippen molar-refractivity contribution in [1.29, 1.82) is 5.26 Å². The summed E-state index contributed by atoms with van der Waals surface area (Å²) in [6.07, 6.45) is 6.93. The molecule has 0 heterocycles. The molecular weight excluding hydrogens is 236 g/mol. The number of nitrogens with zero attached hydrogens (tertiary/aromatic N) is 1. The van der Waals surface area contributed by atoms with E-state index in [0.717, 1.165) is 5.56 Å². The zero-order valence-electron chi connectivity index (χ0n) is 11.2. The van der Waals surface area contributed by atoms with Crippen LogP contribution in [0.1, 0.15) is 49.7 Å². The van der Waals surface area contributed by atoms with Crippen molar-refractivity contribution in [1.82, 2.24) is 5.32 Å². The van der Waals surface area contributed by atoms with Crippen LogP contribution in [-0.4, -0.2) is 5.91 Å². The second kappa shape index (κ2) is 6.94. The Balaban J connectivity index is 1.74. The van der Waals surface area contributed by atoms with E-state index in [1.807, 2.05) is 12.1 Å². The molecule has 19 heavy (non-hydrogen) atoms. The van der Waals surface area contributed by atoms with Crippen molar-refractivity contribution in [3.63, 3.8) is 0 Å². The number of hydrogen-bond acceptors (Lipinski definition) is 2. The number of hydrogen-bond donors (Lipinski definition) is 1. The van der Waals surface area contributed by atoms with Crippen molar-refractivity contribution < 1.29 is 4.79 Å². The Kier molecular flexibility index (Phi) is 4.97. The minimum Gasteiger partial charge on any atom is -0.352 e. The Hall–Kier alpha value is -1.82. The maximum atomic E-state index is 11.8. The van der Waals surface area contributed by atoms with Gasteiger partial charge in [-0.1, -0.05) is 31.4 Å². The van der Waals surface area contributed by atoms with Gasteiger partial charge in [-0.2, -0.15) is 5.26 Å². The third-order valence-corrected chi connectivity index (χ3v) is 3.77. The third-order valence-electron chi connectivity index (χ3n) is 3.77. The van der Waals surface area contributed by atoms with E-state index in [4.69, 9.17) is 5.26 Å². The van der Waals surface area contributed by atoms with E-state index >= 15 is 0 Å². The molecule has 0 bridgehead atoms. The first-order valence-electron chi connectivity index (χ1n) is 7.03. The SMILES string of the molecule is N#Cc1ccc(CNC(=O)CC2CCCCC2)cc1. The van der Waals surface area contributed by atoms with Crippen LogP contribution in [0.15, 0.2) is 24.3 Å². The molecule has 1 aliphatic carbocycles. The molecule has 0 spiro atoms. The number of carbonyl (C=O) groups excluding carboxylic acids is 1. The van der Waals surface area contributed by atoms with Gasteiger partial charge in [0.25, 0.3) is 0 Å². The van der Waals surface area contributed by atoms with Crippen LogP contribution >= 0.6 is 0 Å². The summed E-state index contributed by atoms with van der Waals surface area (Å²) < 4.78 is 0. The van der Waals surface area contributed by atoms with E-state index in [2.05, 4.69) is 11.4 Å². The van der Waals surface area contributed by atoms with E-state index in [1.165, 1.54) is 32.1 Å². The van der Waals surface area contributed by atoms with E-state index in [-0.39, 0.29) is 5.91 Å². The van der Waals surface area contributed by atoms with Crippen LogP contribution in [0.2, 0.25) is 0 Å². The standard InChI is InChI=1S/C16H20N2O/c17-11-14-6-8-15(9-7-14)12-18-16(19)10-13-4-2-1-3-5-13/h6-9,13H,1-5,10,12H2,(H,18,19). The van der Waals surface area contributed by atoms with Crippen molar-refractivity contribution in [2.24, 2.45) is 5.92 Å². The van der Waals surface area contributed by atoms with Gasteiger partial charge in [0.1, 0.15) is 0 Å². The fourth-order valence-electron chi connectivity index (χ4n) is 2.62. The highest BCUT2D eigenvalue weighted by molar-refractivity contribution is 5.76. The molecule has 100 valence electrons. The summed E-state index contributed by atoms with van der Waals surface area (Å²) in [5, 5.41) is 11.7. The highest BCUT2D eigenvalue weighted by Crippen LogP contribution is 2.26. The van der Waals surface area contributed by atoms with Crippen molar-refractivity contribution in [2.45, 2.75) is 45.1 Å². The van der Waals surface area contributed by atoms with Gasteiger partial charge in [-0.25, -0.2) is 0 Å². The molecule has 1 N–H and O–H groups in total. The molecule has 1 fully saturated rings. The maximum absolute atomic E-state index is 11.8. The summed E-state index contributed by atoms with van der Waals surface area (Å²) in [6.45, 7) is 0.553. The van der Waals surface area contributed by atoms with Gasteiger partial charge >= 0.3 is 0 Å². The van der Waals surface area contributed by atoms with E-state index in [9.17, 15) is 4.79 Å². The summed E-state index contributed by atoms with van der Waals surface area (Å²) in [5.41, 5.74) is 1.69. The van der Waals surface area contributed by atoms with Crippen molar-refractivity contribution >= 4 is 5.91 Å². The minimum absolute atomic E-state index is 0.149. The normalized spacial score (nSPS) is 15.7. The molecule has 1 aliphatic rings. The molecule has 0 aromatic heterocycles. The van der Waals surface area contributed by atoms with Gasteiger partial charge in [-0.3, -0.25) is 4.79 Å². The molecule has 2 rings (SSSR count). The second-order valence-electron chi connectivity index (χ2n) is 5.29. The van der Waals surface area contributed by atoms with Gasteiger partial charge in [-0.15, -0.1) is 0 Å². The highest BCUT2D eigenvalue weighted by atomic mass is 16.1. The predicted molar refractivity (Wildman–Crippen MR) is 74.2 cm³/mol. The molecule has 1 aromatic rings. The Morgan fingerprint density at radius 3 is 2.53 bits per heavy atom. The van der Waals surface area contributed by atoms with Gasteiger partial charge in [0, 0.05) is 13.0 Å². The molecule has 0 atom stereocenters. The van der Waals surface area contributed by atoms with Crippen LogP contribution in [0.5, 0.6) is 0 Å². The molecule has 1 amide bonds. The molecule has 1 saturated carbocycles. The second-order valence-corrected chi connectivity index (χ2v) is 5.29. The van der Waals surface area contributed by atoms with Crippen LogP contribution in [0.4, 0.5) is 0 Å². The van der Waals surface area contributed by atoms with Crippen LogP contribution in [0, 0.1) is 17.2 Å². The van der Waals surface area contributed by atoms with Crippen molar-refractivity contribution in [2.75, 3.05) is 0 Å². The molecule has 0 aliphatic heterocycles. The lowest BCUT2D eigenvalue weighted by molar-refractivity contribution is -0.122. The summed E-state index contributed by atoms with van der Waals surface area (Å²) in [4.78, 5) is 11.8. The molecule has 0 radical (unpaired) electrons. The van der Waals surface area contributed by atoms with E-state index in [1.54, 1.807) is 12.1 Å². The third kappa shape index (κ3) is 4.40. The zero-order chi connectivity index (χ0) is 13.5. The fraction of sp³-hybridized carbons (Fsp3) is 0.500. The largest absolute Gasteiger partial charge is 0.352 e. The quantitative estimate of drug-likeness (QED) is 0.899. The number of nitriles is 1. The molecular formula is C16H20N2O. The first-order chi connectivity index (χ1) is 9.28. The Labute approximate surface area is 114 Å². The lowest BCUT2D eigenvalue weighted by Crippen LogP contribution is -2.25. The molecule has 3 nitrogen and oxygen atoms in total. The van der Waals surface area contributed by atoms with E-state index < -0.39 is 0 Å². The first kappa shape index (κ1) is 13.6. The van der Waals surface area contributed by atoms with Crippen molar-refractivity contribution in [3.8, 4) is 6.07 Å². The average Bonchev–Trinajstić information content (AvgIpc) is 2.47. The Morgan fingerprint density at radius 2 is 1.89 bits per heavy atom. The van der Waals surface area contributed by atoms with Crippen molar-refractivity contribution in [3.05, 3.63) is 35.4 Å². The lowest BCUT2D eigenvalue weighted by Gasteiger charge is -2.20. The average molecular weight is 256 g/mol. The van der Waals surface area contributed by atoms with Gasteiger partial charge in [0.15, 0.2) is 0 Å². The summed E-state index contributed by atoms with van der Waals surface area (Å²) in [6, 6.07) is 9.42. The number of benzene rings is 1. The van der Waals surface area contributed by atoms with Gasteiger partial charge < -0.3 is 5.32 Å². The summed E-state index contributed by atoms with van der Waals surface area (Å²) in [7, 11) is 0. The predicted octanol–water partition coefficient (Wildman–Crippen LogP) is 3.14. The zero-order valence-corrected chi connectivity index (χ0v) is 11.2. The smallest absolute Gasteiger partial charge is 0.220 e. The topological polar surface area (TPSA) is 52.9 Å². The maximum Gasteiger partial charge on any atom is 0.220 e. The lowest BCUT2D eigenvalue weighted by atomic mass is 9.87. The number of carbonyl (C=O) groups is 1. The highest BCUT2D eigenvalue weighted by Gasteiger charge is 2.16. The van der Waals surface area contributed by atoms with Crippen LogP contribution < -0.4 is 5.32 Å². The van der Waals surface area contributed by atoms with Crippen LogP contribution in [0.25, 0.3) is 0 Å². The first-order valence-corrected chi connectivity index (χ1v) is 7.03. The number of nitrogens with one attached hydrogen (secondary N) is 1. The van der Waals surface area contributed by atoms with E-state index in [0.29, 0.717) is 24.4 Å². The summed E-state index contributed by atoms with van der Waals surface area (Å²) in [5.74, 6) is 0.728. The Bertz CT molecular complexity index is 453. The molecule has 0 unspecified atom stereocenters. The minimum atomic E-state index is 0.149. The van der Waals surface area contributed by atoms with Crippen LogP contribution in [0.3, 0.4) is 0 Å². The molecule has 3 heteroatoms. The van der Waals surface area contributed by atoms with Gasteiger partial charge in [-0.05, 0) is 36.5 Å². The molecule has 0 saturated heterocycles. The number of amides is 1. The van der Waals surface area contributed by atoms with Gasteiger partial charge in [0.2, 0.25) is 5.91 Å². The Morgan fingerprint density at radius 1 is 1.21 bits per heavy atom. The van der Waals surface area contributed by atoms with Gasteiger partial charge in [0.05, 0.1) is 11.6 Å². The number of rotatable bonds is 4. The summed E-state index contributed by atoms with van der Waals surface area (Å²) >= 11 is 0. The monoisotopic (exact) mass is 256 g/mol. The van der Waals surface area contributed by atoms with Crippen LogP contribution in [-0.2, 0) is 11.3 Å².